The Labute approximate surface area is 162 Å². The van der Waals surface area contributed by atoms with Crippen LogP contribution in [0.3, 0.4) is 0 Å². The zero-order valence-electron chi connectivity index (χ0n) is 17.1. The Morgan fingerprint density at radius 3 is 2.69 bits per heavy atom. The van der Waals surface area contributed by atoms with Crippen LogP contribution in [0, 0.1) is 30.1 Å². The van der Waals surface area contributed by atoms with E-state index in [1.807, 2.05) is 37.0 Å². The van der Waals surface area contributed by atoms with Crippen LogP contribution in [0.1, 0.15) is 69.0 Å². The maximum absolute atomic E-state index is 12.9. The molecule has 1 saturated carbocycles. The molecule has 6 atom stereocenters. The first kappa shape index (κ1) is 19.8. The van der Waals surface area contributed by atoms with Crippen molar-refractivity contribution >= 4 is 17.2 Å². The molecule has 4 nitrogen and oxygen atoms in total. The van der Waals surface area contributed by atoms with Crippen molar-refractivity contribution in [3.8, 4) is 0 Å². The Balaban J connectivity index is 1.87. The summed E-state index contributed by atoms with van der Waals surface area (Å²) in [5, 5.41) is 12.5. The zero-order valence-corrected chi connectivity index (χ0v) is 17.9. The van der Waals surface area contributed by atoms with Crippen LogP contribution < -0.4 is 0 Å². The number of aliphatic hydroxyl groups excluding tert-OH is 1. The van der Waals surface area contributed by atoms with Gasteiger partial charge in [-0.05, 0) is 57.3 Å². The molecule has 1 aromatic heterocycles. The van der Waals surface area contributed by atoms with Crippen LogP contribution in [-0.2, 0) is 11.2 Å². The number of rotatable bonds is 4. The molecule has 3 rings (SSSR count). The van der Waals surface area contributed by atoms with Gasteiger partial charge in [0.1, 0.15) is 0 Å². The summed E-state index contributed by atoms with van der Waals surface area (Å²) in [7, 11) is 0. The van der Waals surface area contributed by atoms with Crippen molar-refractivity contribution in [2.75, 3.05) is 13.1 Å². The van der Waals surface area contributed by atoms with Gasteiger partial charge in [-0.3, -0.25) is 4.79 Å². The molecule has 1 N–H and O–H groups in total. The van der Waals surface area contributed by atoms with Crippen LogP contribution in [0.2, 0.25) is 0 Å². The lowest BCUT2D eigenvalue weighted by atomic mass is 9.53. The normalized spacial score (nSPS) is 34.7. The molecule has 0 saturated heterocycles. The van der Waals surface area contributed by atoms with E-state index in [0.717, 1.165) is 37.4 Å². The zero-order chi connectivity index (χ0) is 19.2. The van der Waals surface area contributed by atoms with E-state index in [9.17, 15) is 9.90 Å². The summed E-state index contributed by atoms with van der Waals surface area (Å²) in [5.41, 5.74) is 1.30. The van der Waals surface area contributed by atoms with Crippen molar-refractivity contribution in [1.29, 1.82) is 0 Å². The highest BCUT2D eigenvalue weighted by Crippen LogP contribution is 2.57. The number of nitrogens with zero attached hydrogens (tertiary/aromatic N) is 2. The molecule has 0 spiro atoms. The number of carbonyl (C=O) groups is 1. The topological polar surface area (TPSA) is 53.4 Å². The molecule has 2 aliphatic rings. The molecule has 0 aromatic carbocycles. The van der Waals surface area contributed by atoms with Crippen LogP contribution in [0.4, 0.5) is 0 Å². The van der Waals surface area contributed by atoms with Gasteiger partial charge >= 0.3 is 0 Å². The molecule has 0 aliphatic heterocycles. The Kier molecular flexibility index (Phi) is 5.51. The van der Waals surface area contributed by atoms with Crippen LogP contribution in [-0.4, -0.2) is 40.1 Å². The molecule has 1 aromatic rings. The molecule has 1 amide bonds. The van der Waals surface area contributed by atoms with Crippen molar-refractivity contribution in [3.05, 3.63) is 15.6 Å². The lowest BCUT2D eigenvalue weighted by Gasteiger charge is -2.53. The summed E-state index contributed by atoms with van der Waals surface area (Å²) in [6.45, 7) is 14.2. The minimum atomic E-state index is -0.437. The molecule has 26 heavy (non-hydrogen) atoms. The second kappa shape index (κ2) is 7.23. The van der Waals surface area contributed by atoms with Gasteiger partial charge in [-0.15, -0.1) is 11.3 Å². The van der Waals surface area contributed by atoms with E-state index in [-0.39, 0.29) is 35.0 Å². The summed E-state index contributed by atoms with van der Waals surface area (Å²) in [5.74, 6) is 0.547. The first-order valence-corrected chi connectivity index (χ1v) is 11.0. The van der Waals surface area contributed by atoms with Crippen LogP contribution in [0.15, 0.2) is 0 Å². The van der Waals surface area contributed by atoms with Gasteiger partial charge in [0.15, 0.2) is 0 Å². The Morgan fingerprint density at radius 2 is 2.08 bits per heavy atom. The van der Waals surface area contributed by atoms with Gasteiger partial charge < -0.3 is 10.0 Å². The number of aromatic nitrogens is 1. The number of thiazole rings is 1. The van der Waals surface area contributed by atoms with Crippen LogP contribution >= 0.6 is 11.3 Å². The van der Waals surface area contributed by atoms with Crippen molar-refractivity contribution in [3.63, 3.8) is 0 Å². The second-order valence-electron chi connectivity index (χ2n) is 8.68. The van der Waals surface area contributed by atoms with Crippen LogP contribution in [0.5, 0.6) is 0 Å². The predicted octanol–water partition coefficient (Wildman–Crippen LogP) is 4.01. The maximum atomic E-state index is 12.9. The van der Waals surface area contributed by atoms with Crippen molar-refractivity contribution in [2.24, 2.45) is 23.2 Å². The van der Waals surface area contributed by atoms with E-state index in [0.29, 0.717) is 0 Å². The van der Waals surface area contributed by atoms with Gasteiger partial charge in [0, 0.05) is 29.8 Å². The monoisotopic (exact) mass is 378 g/mol. The smallest absolute Gasteiger partial charge is 0.225 e. The Hall–Kier alpha value is -0.940. The van der Waals surface area contributed by atoms with E-state index in [4.69, 9.17) is 4.98 Å². The summed E-state index contributed by atoms with van der Waals surface area (Å²) in [4.78, 5) is 21.0. The largest absolute Gasteiger partial charge is 0.392 e. The Morgan fingerprint density at radius 1 is 1.42 bits per heavy atom. The average molecular weight is 379 g/mol. The number of hydrogen-bond donors (Lipinski definition) is 1. The highest BCUT2D eigenvalue weighted by molar-refractivity contribution is 7.11. The quantitative estimate of drug-likeness (QED) is 0.861. The lowest BCUT2D eigenvalue weighted by Crippen LogP contribution is -2.53. The number of fused-ring (bicyclic) bond motifs is 2. The van der Waals surface area contributed by atoms with Gasteiger partial charge in [-0.2, -0.15) is 0 Å². The van der Waals surface area contributed by atoms with E-state index < -0.39 is 6.10 Å². The molecule has 2 aliphatic carbocycles. The van der Waals surface area contributed by atoms with E-state index in [1.54, 1.807) is 0 Å². The van der Waals surface area contributed by atoms with E-state index in [1.165, 1.54) is 10.6 Å². The van der Waals surface area contributed by atoms with Crippen molar-refractivity contribution < 1.29 is 9.90 Å². The van der Waals surface area contributed by atoms with Gasteiger partial charge in [0.25, 0.3) is 0 Å². The van der Waals surface area contributed by atoms with Crippen molar-refractivity contribution in [2.45, 2.75) is 72.8 Å². The maximum Gasteiger partial charge on any atom is 0.225 e. The van der Waals surface area contributed by atoms with E-state index in [2.05, 4.69) is 20.8 Å². The summed E-state index contributed by atoms with van der Waals surface area (Å²) >= 11 is 1.82. The molecule has 1 unspecified atom stereocenters. The highest BCUT2D eigenvalue weighted by atomic mass is 32.1. The van der Waals surface area contributed by atoms with Gasteiger partial charge in [-0.25, -0.2) is 4.98 Å². The minimum absolute atomic E-state index is 0.0462. The Bertz CT molecular complexity index is 669. The molecule has 0 radical (unpaired) electrons. The average Bonchev–Trinajstić information content (AvgIpc) is 2.95. The first-order chi connectivity index (χ1) is 12.2. The number of aryl methyl sites for hydroxylation is 1. The van der Waals surface area contributed by atoms with Crippen LogP contribution in [0.25, 0.3) is 0 Å². The molecule has 0 bridgehead atoms. The third-order valence-corrected chi connectivity index (χ3v) is 8.12. The number of amides is 1. The fraction of sp³-hybridized carbons (Fsp3) is 0.810. The standard InChI is InChI=1S/C21H34N2O2S/c1-7-23(8-2)20(25)12(3)15-9-10-21(6)11-16-18(22-14(5)26-16)13(4)17(21)19(15)24/h12-13,15,17,19,24H,7-11H2,1-6H3/t12-,13-,15?,17+,19-,21-/m0/s1. The molecule has 1 heterocycles. The van der Waals surface area contributed by atoms with Gasteiger partial charge in [0.05, 0.1) is 16.8 Å². The number of carbonyl (C=O) groups excluding carboxylic acids is 1. The number of aliphatic hydroxyl groups is 1. The molecule has 146 valence electrons. The number of hydrogen-bond acceptors (Lipinski definition) is 4. The van der Waals surface area contributed by atoms with E-state index >= 15 is 0 Å². The molecule has 5 heteroatoms. The van der Waals surface area contributed by atoms with Gasteiger partial charge in [-0.1, -0.05) is 20.8 Å². The lowest BCUT2D eigenvalue weighted by molar-refractivity contribution is -0.144. The molecule has 1 fully saturated rings. The fourth-order valence-electron chi connectivity index (χ4n) is 5.67. The summed E-state index contributed by atoms with van der Waals surface area (Å²) in [6.07, 6.45) is 2.59. The summed E-state index contributed by atoms with van der Waals surface area (Å²) < 4.78 is 0. The molecular formula is C21H34N2O2S. The first-order valence-electron chi connectivity index (χ1n) is 10.2. The van der Waals surface area contributed by atoms with Crippen molar-refractivity contribution in [1.82, 2.24) is 9.88 Å². The second-order valence-corrected chi connectivity index (χ2v) is 9.97. The molecular weight excluding hydrogens is 344 g/mol. The third-order valence-electron chi connectivity index (χ3n) is 7.14. The minimum Gasteiger partial charge on any atom is -0.392 e. The highest BCUT2D eigenvalue weighted by Gasteiger charge is 2.53. The predicted molar refractivity (Wildman–Crippen MR) is 106 cm³/mol. The SMILES string of the molecule is CCN(CC)C(=O)[C@@H](C)C1CC[C@@]2(C)Cc3sc(C)nc3[C@@H](C)[C@@H]2[C@H]1O. The van der Waals surface area contributed by atoms with Gasteiger partial charge in [0.2, 0.25) is 5.91 Å². The third kappa shape index (κ3) is 3.11. The summed E-state index contributed by atoms with van der Waals surface area (Å²) in [6, 6.07) is 0. The fourth-order valence-corrected chi connectivity index (χ4v) is 6.91.